The number of hydrogen-bond acceptors (Lipinski definition) is 3. The highest BCUT2D eigenvalue weighted by atomic mass is 16.2. The van der Waals surface area contributed by atoms with Crippen LogP contribution in [0.25, 0.3) is 6.08 Å². The second-order valence-electron chi connectivity index (χ2n) is 3.06. The summed E-state index contributed by atoms with van der Waals surface area (Å²) in [6, 6.07) is 7.26. The van der Waals surface area contributed by atoms with Gasteiger partial charge in [0, 0.05) is 12.1 Å². The summed E-state index contributed by atoms with van der Waals surface area (Å²) in [6.07, 6.45) is 3.93. The molecule has 0 fully saturated rings. The molecule has 1 aromatic rings. The number of amides is 1. The SMILES string of the molecule is CNCC=Cc1cccc(C(=O)NN)c1. The number of carbonyl (C=O) groups is 1. The minimum Gasteiger partial charge on any atom is -0.316 e. The van der Waals surface area contributed by atoms with Gasteiger partial charge in [-0.2, -0.15) is 0 Å². The molecule has 0 bridgehead atoms. The van der Waals surface area contributed by atoms with Crippen molar-refractivity contribution in [3.8, 4) is 0 Å². The fourth-order valence-corrected chi connectivity index (χ4v) is 1.18. The molecule has 0 heterocycles. The summed E-state index contributed by atoms with van der Waals surface area (Å²) in [6.45, 7) is 0.799. The zero-order chi connectivity index (χ0) is 11.1. The van der Waals surface area contributed by atoms with Crippen molar-refractivity contribution < 1.29 is 4.79 Å². The van der Waals surface area contributed by atoms with Gasteiger partial charge in [-0.15, -0.1) is 0 Å². The van der Waals surface area contributed by atoms with E-state index in [1.807, 2.05) is 31.3 Å². The van der Waals surface area contributed by atoms with Crippen LogP contribution in [0.5, 0.6) is 0 Å². The molecule has 80 valence electrons. The number of nitrogens with one attached hydrogen (secondary N) is 2. The molecular formula is C11H15N3O. The molecule has 0 spiro atoms. The van der Waals surface area contributed by atoms with Gasteiger partial charge < -0.3 is 5.32 Å². The molecule has 0 atom stereocenters. The van der Waals surface area contributed by atoms with Crippen molar-refractivity contribution in [3.63, 3.8) is 0 Å². The summed E-state index contributed by atoms with van der Waals surface area (Å²) in [5.41, 5.74) is 3.64. The predicted octanol–water partition coefficient (Wildman–Crippen LogP) is 0.523. The van der Waals surface area contributed by atoms with Gasteiger partial charge in [0.25, 0.3) is 5.91 Å². The molecule has 0 aromatic heterocycles. The quantitative estimate of drug-likeness (QED) is 0.381. The largest absolute Gasteiger partial charge is 0.316 e. The summed E-state index contributed by atoms with van der Waals surface area (Å²) in [5.74, 6) is 4.77. The fourth-order valence-electron chi connectivity index (χ4n) is 1.18. The van der Waals surface area contributed by atoms with E-state index in [2.05, 4.69) is 10.7 Å². The number of hydrazine groups is 1. The Bertz CT molecular complexity index is 361. The molecule has 4 nitrogen and oxygen atoms in total. The standard InChI is InChI=1S/C11H15N3O/c1-13-7-3-5-9-4-2-6-10(8-9)11(15)14-12/h2-6,8,13H,7,12H2,1H3,(H,14,15). The van der Waals surface area contributed by atoms with Crippen molar-refractivity contribution >= 4 is 12.0 Å². The van der Waals surface area contributed by atoms with Crippen molar-refractivity contribution in [1.29, 1.82) is 0 Å². The first-order valence-corrected chi connectivity index (χ1v) is 4.70. The molecule has 0 aliphatic carbocycles. The summed E-state index contributed by atoms with van der Waals surface area (Å²) in [4.78, 5) is 11.2. The van der Waals surface area contributed by atoms with Crippen LogP contribution in [0, 0.1) is 0 Å². The molecular weight excluding hydrogens is 190 g/mol. The van der Waals surface area contributed by atoms with Gasteiger partial charge in [0.2, 0.25) is 0 Å². The molecule has 15 heavy (non-hydrogen) atoms. The first-order valence-electron chi connectivity index (χ1n) is 4.70. The van der Waals surface area contributed by atoms with Crippen molar-refractivity contribution in [3.05, 3.63) is 41.5 Å². The van der Waals surface area contributed by atoms with Crippen molar-refractivity contribution in [1.82, 2.24) is 10.7 Å². The first kappa shape index (κ1) is 11.4. The highest BCUT2D eigenvalue weighted by Crippen LogP contribution is 2.06. The number of nitrogen functional groups attached to an aromatic ring is 1. The maximum absolute atomic E-state index is 11.2. The summed E-state index contributed by atoms with van der Waals surface area (Å²) < 4.78 is 0. The van der Waals surface area contributed by atoms with Gasteiger partial charge >= 0.3 is 0 Å². The molecule has 4 N–H and O–H groups in total. The van der Waals surface area contributed by atoms with Crippen LogP contribution in [0.4, 0.5) is 0 Å². The van der Waals surface area contributed by atoms with Gasteiger partial charge in [0.1, 0.15) is 0 Å². The van der Waals surface area contributed by atoms with E-state index in [4.69, 9.17) is 5.84 Å². The predicted molar refractivity (Wildman–Crippen MR) is 61.1 cm³/mol. The third-order valence-electron chi connectivity index (χ3n) is 1.91. The van der Waals surface area contributed by atoms with Crippen LogP contribution in [-0.4, -0.2) is 19.5 Å². The lowest BCUT2D eigenvalue weighted by atomic mass is 10.1. The Balaban J connectivity index is 2.78. The van der Waals surface area contributed by atoms with Gasteiger partial charge in [-0.3, -0.25) is 10.2 Å². The average Bonchev–Trinajstić information content (AvgIpc) is 2.29. The highest BCUT2D eigenvalue weighted by Gasteiger charge is 2.01. The number of likely N-dealkylation sites (N-methyl/N-ethyl adjacent to an activating group) is 1. The van der Waals surface area contributed by atoms with E-state index in [1.165, 1.54) is 0 Å². The zero-order valence-electron chi connectivity index (χ0n) is 8.66. The zero-order valence-corrected chi connectivity index (χ0v) is 8.66. The number of rotatable bonds is 4. The van der Waals surface area contributed by atoms with Crippen molar-refractivity contribution in [2.24, 2.45) is 5.84 Å². The lowest BCUT2D eigenvalue weighted by molar-refractivity contribution is 0.0953. The minimum atomic E-state index is -0.279. The van der Waals surface area contributed by atoms with Crippen LogP contribution in [0.15, 0.2) is 30.3 Å². The number of carbonyl (C=O) groups excluding carboxylic acids is 1. The average molecular weight is 205 g/mol. The Kier molecular flexibility index (Phi) is 4.53. The molecule has 1 aromatic carbocycles. The molecule has 0 saturated carbocycles. The highest BCUT2D eigenvalue weighted by molar-refractivity contribution is 5.94. The van der Waals surface area contributed by atoms with Crippen LogP contribution >= 0.6 is 0 Å². The minimum absolute atomic E-state index is 0.279. The first-order chi connectivity index (χ1) is 7.27. The number of benzene rings is 1. The fraction of sp³-hybridized carbons (Fsp3) is 0.182. The normalized spacial score (nSPS) is 10.5. The molecule has 1 amide bonds. The third-order valence-corrected chi connectivity index (χ3v) is 1.91. The molecule has 4 heteroatoms. The molecule has 0 saturated heterocycles. The maximum Gasteiger partial charge on any atom is 0.265 e. The van der Waals surface area contributed by atoms with Crippen molar-refractivity contribution in [2.75, 3.05) is 13.6 Å². The van der Waals surface area contributed by atoms with Gasteiger partial charge in [0.05, 0.1) is 0 Å². The number of nitrogens with two attached hydrogens (primary N) is 1. The van der Waals surface area contributed by atoms with Gasteiger partial charge in [-0.1, -0.05) is 24.3 Å². The van der Waals surface area contributed by atoms with E-state index in [1.54, 1.807) is 12.1 Å². The molecule has 0 aliphatic rings. The second kappa shape index (κ2) is 5.95. The lowest BCUT2D eigenvalue weighted by Crippen LogP contribution is -2.29. The second-order valence-corrected chi connectivity index (χ2v) is 3.06. The molecule has 0 radical (unpaired) electrons. The summed E-state index contributed by atoms with van der Waals surface area (Å²) in [7, 11) is 1.88. The van der Waals surface area contributed by atoms with E-state index in [-0.39, 0.29) is 5.91 Å². The van der Waals surface area contributed by atoms with Crippen LogP contribution < -0.4 is 16.6 Å². The Morgan fingerprint density at radius 1 is 1.53 bits per heavy atom. The Morgan fingerprint density at radius 3 is 3.00 bits per heavy atom. The topological polar surface area (TPSA) is 67.2 Å². The molecule has 1 rings (SSSR count). The third kappa shape index (κ3) is 3.53. The summed E-state index contributed by atoms with van der Waals surface area (Å²) >= 11 is 0. The van der Waals surface area contributed by atoms with Crippen LogP contribution in [0.2, 0.25) is 0 Å². The molecule has 0 unspecified atom stereocenters. The Morgan fingerprint density at radius 2 is 2.33 bits per heavy atom. The maximum atomic E-state index is 11.2. The molecule has 0 aliphatic heterocycles. The smallest absolute Gasteiger partial charge is 0.265 e. The number of hydrogen-bond donors (Lipinski definition) is 3. The van der Waals surface area contributed by atoms with Crippen molar-refractivity contribution in [2.45, 2.75) is 0 Å². The van der Waals surface area contributed by atoms with Crippen LogP contribution in [-0.2, 0) is 0 Å². The van der Waals surface area contributed by atoms with Crippen LogP contribution in [0.1, 0.15) is 15.9 Å². The van der Waals surface area contributed by atoms with E-state index in [0.717, 1.165) is 12.1 Å². The van der Waals surface area contributed by atoms with E-state index in [9.17, 15) is 4.79 Å². The van der Waals surface area contributed by atoms with Gasteiger partial charge in [-0.05, 0) is 24.7 Å². The Labute approximate surface area is 89.1 Å². The van der Waals surface area contributed by atoms with E-state index >= 15 is 0 Å². The van der Waals surface area contributed by atoms with E-state index in [0.29, 0.717) is 5.56 Å². The summed E-state index contributed by atoms with van der Waals surface area (Å²) in [5, 5.41) is 3.00. The van der Waals surface area contributed by atoms with Crippen LogP contribution in [0.3, 0.4) is 0 Å². The van der Waals surface area contributed by atoms with Gasteiger partial charge in [-0.25, -0.2) is 5.84 Å². The van der Waals surface area contributed by atoms with Gasteiger partial charge in [0.15, 0.2) is 0 Å². The van der Waals surface area contributed by atoms with E-state index < -0.39 is 0 Å². The lowest BCUT2D eigenvalue weighted by Gasteiger charge is -2.00. The Hall–Kier alpha value is -1.65. The monoisotopic (exact) mass is 205 g/mol.